The fraction of sp³-hybridized carbons (Fsp3) is 0.600. The molecule has 112 valence electrons. The number of ether oxygens (including phenoxy) is 1. The van der Waals surface area contributed by atoms with Gasteiger partial charge in [-0.05, 0) is 33.9 Å². The zero-order valence-electron chi connectivity index (χ0n) is 12.5. The molecule has 0 unspecified atom stereocenters. The zero-order valence-corrected chi connectivity index (χ0v) is 12.5. The summed E-state index contributed by atoms with van der Waals surface area (Å²) >= 11 is 0. The zero-order chi connectivity index (χ0) is 14.7. The number of hydrogen-bond donors (Lipinski definition) is 1. The van der Waals surface area contributed by atoms with Crippen molar-refractivity contribution in [1.82, 2.24) is 4.90 Å². The summed E-state index contributed by atoms with van der Waals surface area (Å²) in [5, 5.41) is 0. The van der Waals surface area contributed by atoms with Gasteiger partial charge in [0.2, 0.25) is 0 Å². The summed E-state index contributed by atoms with van der Waals surface area (Å²) in [6.45, 7) is 4.16. The van der Waals surface area contributed by atoms with Gasteiger partial charge in [-0.25, -0.2) is 4.39 Å². The quantitative estimate of drug-likeness (QED) is 0.860. The molecule has 20 heavy (non-hydrogen) atoms. The Kier molecular flexibility index (Phi) is 4.70. The predicted octanol–water partition coefficient (Wildman–Crippen LogP) is 2.34. The Labute approximate surface area is 120 Å². The molecule has 1 aliphatic rings. The second-order valence-corrected chi connectivity index (χ2v) is 5.46. The van der Waals surface area contributed by atoms with Gasteiger partial charge in [-0.15, -0.1) is 0 Å². The van der Waals surface area contributed by atoms with Crippen LogP contribution >= 0.6 is 0 Å². The first kappa shape index (κ1) is 14.9. The molecule has 0 aromatic heterocycles. The van der Waals surface area contributed by atoms with Crippen LogP contribution in [0.25, 0.3) is 0 Å². The third-order valence-electron chi connectivity index (χ3n) is 3.92. The normalized spacial score (nSPS) is 16.8. The van der Waals surface area contributed by atoms with Gasteiger partial charge in [0.25, 0.3) is 0 Å². The number of benzene rings is 1. The summed E-state index contributed by atoms with van der Waals surface area (Å²) in [4.78, 5) is 4.48. The van der Waals surface area contributed by atoms with E-state index in [0.717, 1.165) is 31.6 Å². The highest BCUT2D eigenvalue weighted by Gasteiger charge is 2.23. The number of hydrogen-bond acceptors (Lipinski definition) is 4. The molecule has 1 saturated heterocycles. The molecular weight excluding hydrogens is 257 g/mol. The molecule has 2 rings (SSSR count). The van der Waals surface area contributed by atoms with Crippen molar-refractivity contribution in [3.05, 3.63) is 17.9 Å². The first-order valence-corrected chi connectivity index (χ1v) is 7.16. The third kappa shape index (κ3) is 3.15. The lowest BCUT2D eigenvalue weighted by Gasteiger charge is -2.37. The molecule has 0 saturated carbocycles. The van der Waals surface area contributed by atoms with Gasteiger partial charge in [0.05, 0.1) is 18.0 Å². The average Bonchev–Trinajstić information content (AvgIpc) is 2.42. The fourth-order valence-electron chi connectivity index (χ4n) is 2.72. The second-order valence-electron chi connectivity index (χ2n) is 5.46. The van der Waals surface area contributed by atoms with Crippen LogP contribution in [0, 0.1) is 5.82 Å². The number of halogens is 1. The second kappa shape index (κ2) is 6.31. The van der Waals surface area contributed by atoms with Gasteiger partial charge in [-0.3, -0.25) is 0 Å². The van der Waals surface area contributed by atoms with Crippen LogP contribution in [-0.4, -0.2) is 44.7 Å². The molecule has 5 heteroatoms. The van der Waals surface area contributed by atoms with Gasteiger partial charge in [0.15, 0.2) is 11.6 Å². The molecule has 0 atom stereocenters. The fourth-order valence-corrected chi connectivity index (χ4v) is 2.72. The van der Waals surface area contributed by atoms with Crippen molar-refractivity contribution in [3.8, 4) is 5.75 Å². The van der Waals surface area contributed by atoms with Crippen molar-refractivity contribution >= 4 is 11.4 Å². The highest BCUT2D eigenvalue weighted by Crippen LogP contribution is 2.33. The minimum atomic E-state index is -0.392. The van der Waals surface area contributed by atoms with Crippen molar-refractivity contribution in [2.75, 3.05) is 44.4 Å². The Morgan fingerprint density at radius 1 is 1.35 bits per heavy atom. The van der Waals surface area contributed by atoms with Crippen LogP contribution in [0.15, 0.2) is 12.1 Å². The Morgan fingerprint density at radius 3 is 2.55 bits per heavy atom. The van der Waals surface area contributed by atoms with Gasteiger partial charge >= 0.3 is 0 Å². The smallest absolute Gasteiger partial charge is 0.167 e. The maximum atomic E-state index is 13.7. The van der Waals surface area contributed by atoms with E-state index in [9.17, 15) is 4.39 Å². The third-order valence-corrected chi connectivity index (χ3v) is 3.92. The van der Waals surface area contributed by atoms with Crippen LogP contribution in [0.1, 0.15) is 19.8 Å². The van der Waals surface area contributed by atoms with E-state index in [1.54, 1.807) is 6.07 Å². The maximum absolute atomic E-state index is 13.7. The van der Waals surface area contributed by atoms with E-state index in [2.05, 4.69) is 23.9 Å². The van der Waals surface area contributed by atoms with Gasteiger partial charge in [0, 0.05) is 31.3 Å². The van der Waals surface area contributed by atoms with Crippen molar-refractivity contribution in [2.45, 2.75) is 25.8 Å². The summed E-state index contributed by atoms with van der Waals surface area (Å²) in [5.41, 5.74) is 7.33. The highest BCUT2D eigenvalue weighted by atomic mass is 19.1. The molecule has 0 aliphatic carbocycles. The lowest BCUT2D eigenvalue weighted by Crippen LogP contribution is -2.42. The SMILES string of the molecule is CCOc1cc(N2CCC(N(C)C)CC2)c(N)cc1F. The van der Waals surface area contributed by atoms with Crippen LogP contribution in [0.5, 0.6) is 5.75 Å². The van der Waals surface area contributed by atoms with Crippen molar-refractivity contribution < 1.29 is 9.13 Å². The molecule has 1 aliphatic heterocycles. The molecule has 1 aromatic carbocycles. The van der Waals surface area contributed by atoms with Crippen molar-refractivity contribution in [2.24, 2.45) is 0 Å². The van der Waals surface area contributed by atoms with E-state index in [0.29, 0.717) is 18.3 Å². The number of piperidine rings is 1. The van der Waals surface area contributed by atoms with Gasteiger partial charge in [0.1, 0.15) is 0 Å². The Morgan fingerprint density at radius 2 is 2.00 bits per heavy atom. The molecule has 1 heterocycles. The first-order valence-electron chi connectivity index (χ1n) is 7.16. The molecule has 4 nitrogen and oxygen atoms in total. The highest BCUT2D eigenvalue weighted by molar-refractivity contribution is 5.70. The number of nitrogens with two attached hydrogens (primary N) is 1. The Balaban J connectivity index is 2.15. The number of nitrogen functional groups attached to an aromatic ring is 1. The van der Waals surface area contributed by atoms with Crippen molar-refractivity contribution in [1.29, 1.82) is 0 Å². The largest absolute Gasteiger partial charge is 0.491 e. The van der Waals surface area contributed by atoms with E-state index in [1.165, 1.54) is 6.07 Å². The van der Waals surface area contributed by atoms with E-state index in [-0.39, 0.29) is 5.75 Å². The van der Waals surface area contributed by atoms with Gasteiger partial charge in [-0.1, -0.05) is 0 Å². The molecule has 0 amide bonds. The average molecular weight is 281 g/mol. The summed E-state index contributed by atoms with van der Waals surface area (Å²) < 4.78 is 19.0. The number of nitrogens with zero attached hydrogens (tertiary/aromatic N) is 2. The van der Waals surface area contributed by atoms with E-state index < -0.39 is 5.82 Å². The summed E-state index contributed by atoms with van der Waals surface area (Å²) in [6, 6.07) is 3.70. The van der Waals surface area contributed by atoms with Gasteiger partial charge < -0.3 is 20.3 Å². The lowest BCUT2D eigenvalue weighted by atomic mass is 10.0. The molecule has 0 radical (unpaired) electrons. The van der Waals surface area contributed by atoms with Crippen LogP contribution < -0.4 is 15.4 Å². The standard InChI is InChI=1S/C15H24FN3O/c1-4-20-15-10-14(13(17)9-12(15)16)19-7-5-11(6-8-19)18(2)3/h9-11H,4-8,17H2,1-3H3. The molecular formula is C15H24FN3O. The minimum Gasteiger partial charge on any atom is -0.491 e. The molecule has 1 fully saturated rings. The Hall–Kier alpha value is -1.49. The van der Waals surface area contributed by atoms with Crippen LogP contribution in [0.2, 0.25) is 0 Å². The van der Waals surface area contributed by atoms with E-state index in [1.807, 2.05) is 6.92 Å². The van der Waals surface area contributed by atoms with Crippen molar-refractivity contribution in [3.63, 3.8) is 0 Å². The van der Waals surface area contributed by atoms with Gasteiger partial charge in [-0.2, -0.15) is 0 Å². The molecule has 0 spiro atoms. The summed E-state index contributed by atoms with van der Waals surface area (Å²) in [5.74, 6) is -0.109. The Bertz CT molecular complexity index is 457. The van der Waals surface area contributed by atoms with E-state index in [4.69, 9.17) is 10.5 Å². The topological polar surface area (TPSA) is 41.7 Å². The summed E-state index contributed by atoms with van der Waals surface area (Å²) in [6.07, 6.45) is 2.18. The minimum absolute atomic E-state index is 0.284. The van der Waals surface area contributed by atoms with E-state index >= 15 is 0 Å². The number of rotatable bonds is 4. The lowest BCUT2D eigenvalue weighted by molar-refractivity contribution is 0.249. The monoisotopic (exact) mass is 281 g/mol. The molecule has 0 bridgehead atoms. The summed E-state index contributed by atoms with van der Waals surface area (Å²) in [7, 11) is 4.22. The molecule has 2 N–H and O–H groups in total. The van der Waals surface area contributed by atoms with Crippen LogP contribution in [-0.2, 0) is 0 Å². The van der Waals surface area contributed by atoms with Crippen LogP contribution in [0.4, 0.5) is 15.8 Å². The maximum Gasteiger partial charge on any atom is 0.167 e. The first-order chi connectivity index (χ1) is 9.52. The predicted molar refractivity (Wildman–Crippen MR) is 80.9 cm³/mol. The van der Waals surface area contributed by atoms with Crippen LogP contribution in [0.3, 0.4) is 0 Å². The molecule has 1 aromatic rings. The number of anilines is 2.